The van der Waals surface area contributed by atoms with Gasteiger partial charge >= 0.3 is 0 Å². The van der Waals surface area contributed by atoms with Crippen LogP contribution in [0.3, 0.4) is 0 Å². The minimum Gasteiger partial charge on any atom is -0.462 e. The fraction of sp³-hybridized carbons (Fsp3) is 0.562. The van der Waals surface area contributed by atoms with Gasteiger partial charge in [-0.05, 0) is 31.1 Å². The zero-order valence-corrected chi connectivity index (χ0v) is 12.6. The molecule has 0 aliphatic carbocycles. The van der Waals surface area contributed by atoms with Crippen molar-refractivity contribution in [1.29, 1.82) is 0 Å². The lowest BCUT2D eigenvalue weighted by atomic mass is 10.2. The summed E-state index contributed by atoms with van der Waals surface area (Å²) >= 11 is 0. The average Bonchev–Trinajstić information content (AvgIpc) is 2.82. The van der Waals surface area contributed by atoms with Gasteiger partial charge in [0.05, 0.1) is 0 Å². The van der Waals surface area contributed by atoms with Crippen molar-refractivity contribution in [1.82, 2.24) is 9.80 Å². The molecule has 0 bridgehead atoms. The van der Waals surface area contributed by atoms with Gasteiger partial charge in [0, 0.05) is 38.8 Å². The number of rotatable bonds is 4. The molecule has 0 saturated carbocycles. The number of aryl methyl sites for hydroxylation is 1. The predicted octanol–water partition coefficient (Wildman–Crippen LogP) is 2.40. The second kappa shape index (κ2) is 6.75. The topological polar surface area (TPSA) is 36.7 Å². The number of hydrogen-bond donors (Lipinski definition) is 0. The van der Waals surface area contributed by atoms with Crippen molar-refractivity contribution in [2.45, 2.75) is 20.8 Å². The van der Waals surface area contributed by atoms with Crippen molar-refractivity contribution in [3.8, 4) is 0 Å². The second-order valence-corrected chi connectivity index (χ2v) is 5.80. The van der Waals surface area contributed by atoms with Crippen molar-refractivity contribution >= 4 is 12.0 Å². The fourth-order valence-electron chi connectivity index (χ4n) is 2.47. The summed E-state index contributed by atoms with van der Waals surface area (Å²) in [5.41, 5.74) is 0. The molecule has 0 unspecified atom stereocenters. The molecule has 1 amide bonds. The molecule has 4 nitrogen and oxygen atoms in total. The highest BCUT2D eigenvalue weighted by molar-refractivity contribution is 5.91. The first-order valence-corrected chi connectivity index (χ1v) is 7.30. The van der Waals surface area contributed by atoms with Gasteiger partial charge < -0.3 is 9.32 Å². The Labute approximate surface area is 121 Å². The van der Waals surface area contributed by atoms with Gasteiger partial charge in [0.1, 0.15) is 11.5 Å². The van der Waals surface area contributed by atoms with Crippen LogP contribution in [-0.4, -0.2) is 48.4 Å². The van der Waals surface area contributed by atoms with E-state index in [0.29, 0.717) is 5.92 Å². The molecule has 2 rings (SSSR count). The van der Waals surface area contributed by atoms with Crippen molar-refractivity contribution in [2.24, 2.45) is 5.92 Å². The van der Waals surface area contributed by atoms with Gasteiger partial charge in [0.2, 0.25) is 5.91 Å². The molecule has 1 aromatic heterocycles. The molecule has 0 N–H and O–H groups in total. The van der Waals surface area contributed by atoms with E-state index in [0.717, 1.165) is 44.2 Å². The van der Waals surface area contributed by atoms with Crippen LogP contribution in [0.4, 0.5) is 0 Å². The summed E-state index contributed by atoms with van der Waals surface area (Å²) in [7, 11) is 0. The van der Waals surface area contributed by atoms with Gasteiger partial charge in [-0.25, -0.2) is 0 Å². The van der Waals surface area contributed by atoms with Gasteiger partial charge in [-0.1, -0.05) is 13.8 Å². The molecule has 20 heavy (non-hydrogen) atoms. The normalized spacial score (nSPS) is 17.3. The van der Waals surface area contributed by atoms with Crippen LogP contribution in [0.25, 0.3) is 6.08 Å². The first-order chi connectivity index (χ1) is 9.54. The molecular formula is C16H24N2O2. The van der Waals surface area contributed by atoms with Crippen molar-refractivity contribution in [3.63, 3.8) is 0 Å². The minimum atomic E-state index is 0.0725. The molecule has 110 valence electrons. The van der Waals surface area contributed by atoms with Crippen LogP contribution in [0.1, 0.15) is 25.4 Å². The van der Waals surface area contributed by atoms with Crippen LogP contribution in [0.5, 0.6) is 0 Å². The highest BCUT2D eigenvalue weighted by atomic mass is 16.3. The largest absolute Gasteiger partial charge is 0.462 e. The first kappa shape index (κ1) is 14.9. The minimum absolute atomic E-state index is 0.0725. The predicted molar refractivity (Wildman–Crippen MR) is 80.3 cm³/mol. The maximum atomic E-state index is 12.1. The van der Waals surface area contributed by atoms with Crippen LogP contribution in [-0.2, 0) is 4.79 Å². The number of hydrogen-bond acceptors (Lipinski definition) is 3. The Morgan fingerprint density at radius 2 is 2.00 bits per heavy atom. The fourth-order valence-corrected chi connectivity index (χ4v) is 2.47. The van der Waals surface area contributed by atoms with Gasteiger partial charge in [0.25, 0.3) is 0 Å². The molecule has 1 saturated heterocycles. The molecule has 0 aromatic carbocycles. The Bertz CT molecular complexity index is 469. The number of carbonyl (C=O) groups excluding carboxylic acids is 1. The average molecular weight is 276 g/mol. The van der Waals surface area contributed by atoms with Crippen LogP contribution < -0.4 is 0 Å². The number of furan rings is 1. The third-order valence-corrected chi connectivity index (χ3v) is 3.46. The maximum Gasteiger partial charge on any atom is 0.246 e. The zero-order chi connectivity index (χ0) is 14.5. The van der Waals surface area contributed by atoms with E-state index in [9.17, 15) is 4.79 Å². The highest BCUT2D eigenvalue weighted by Gasteiger charge is 2.19. The summed E-state index contributed by atoms with van der Waals surface area (Å²) < 4.78 is 5.42. The van der Waals surface area contributed by atoms with E-state index in [1.165, 1.54) is 0 Å². The zero-order valence-electron chi connectivity index (χ0n) is 12.6. The molecule has 1 fully saturated rings. The third-order valence-electron chi connectivity index (χ3n) is 3.46. The third kappa shape index (κ3) is 4.23. The lowest BCUT2D eigenvalue weighted by Crippen LogP contribution is -2.49. The van der Waals surface area contributed by atoms with E-state index in [2.05, 4.69) is 18.7 Å². The van der Waals surface area contributed by atoms with E-state index < -0.39 is 0 Å². The lowest BCUT2D eigenvalue weighted by Gasteiger charge is -2.35. The summed E-state index contributed by atoms with van der Waals surface area (Å²) in [4.78, 5) is 16.4. The molecule has 1 aliphatic heterocycles. The Morgan fingerprint density at radius 3 is 2.55 bits per heavy atom. The summed E-state index contributed by atoms with van der Waals surface area (Å²) in [6.07, 6.45) is 3.35. The van der Waals surface area contributed by atoms with Gasteiger partial charge in [0.15, 0.2) is 0 Å². The number of amides is 1. The number of nitrogens with zero attached hydrogens (tertiary/aromatic N) is 2. The van der Waals surface area contributed by atoms with Crippen LogP contribution >= 0.6 is 0 Å². The van der Waals surface area contributed by atoms with Gasteiger partial charge in [-0.3, -0.25) is 9.69 Å². The summed E-state index contributed by atoms with van der Waals surface area (Å²) in [5, 5.41) is 0. The lowest BCUT2D eigenvalue weighted by molar-refractivity contribution is -0.127. The Hall–Kier alpha value is -1.55. The van der Waals surface area contributed by atoms with E-state index in [1.807, 2.05) is 24.0 Å². The molecule has 0 radical (unpaired) electrons. The monoisotopic (exact) mass is 276 g/mol. The molecule has 1 aliphatic rings. The van der Waals surface area contributed by atoms with Crippen LogP contribution in [0, 0.1) is 12.8 Å². The highest BCUT2D eigenvalue weighted by Crippen LogP contribution is 2.10. The van der Waals surface area contributed by atoms with Crippen molar-refractivity contribution < 1.29 is 9.21 Å². The molecule has 0 atom stereocenters. The van der Waals surface area contributed by atoms with Crippen LogP contribution in [0.2, 0.25) is 0 Å². The van der Waals surface area contributed by atoms with Crippen molar-refractivity contribution in [3.05, 3.63) is 29.7 Å². The summed E-state index contributed by atoms with van der Waals surface area (Å²) in [5.74, 6) is 2.34. The van der Waals surface area contributed by atoms with E-state index in [1.54, 1.807) is 12.2 Å². The maximum absolute atomic E-state index is 12.1. The Balaban J connectivity index is 1.81. The molecule has 1 aromatic rings. The van der Waals surface area contributed by atoms with Crippen molar-refractivity contribution in [2.75, 3.05) is 32.7 Å². The quantitative estimate of drug-likeness (QED) is 0.792. The first-order valence-electron chi connectivity index (χ1n) is 7.30. The molecule has 2 heterocycles. The second-order valence-electron chi connectivity index (χ2n) is 5.80. The van der Waals surface area contributed by atoms with Crippen LogP contribution in [0.15, 0.2) is 22.6 Å². The number of carbonyl (C=O) groups is 1. The summed E-state index contributed by atoms with van der Waals surface area (Å²) in [6, 6.07) is 3.77. The van der Waals surface area contributed by atoms with Gasteiger partial charge in [-0.15, -0.1) is 0 Å². The smallest absolute Gasteiger partial charge is 0.246 e. The Morgan fingerprint density at radius 1 is 1.30 bits per heavy atom. The standard InChI is InChI=1S/C16H24N2O2/c1-13(2)12-17-8-10-18(11-9-17)16(19)7-6-15-5-4-14(3)20-15/h4-7,13H,8-12H2,1-3H3/b7-6+. The Kier molecular flexibility index (Phi) is 5.01. The van der Waals surface area contributed by atoms with E-state index >= 15 is 0 Å². The van der Waals surface area contributed by atoms with E-state index in [-0.39, 0.29) is 5.91 Å². The molecule has 4 heteroatoms. The summed E-state index contributed by atoms with van der Waals surface area (Å²) in [6.45, 7) is 11.0. The molecular weight excluding hydrogens is 252 g/mol. The van der Waals surface area contributed by atoms with E-state index in [4.69, 9.17) is 4.42 Å². The number of piperazine rings is 1. The van der Waals surface area contributed by atoms with Gasteiger partial charge in [-0.2, -0.15) is 0 Å². The SMILES string of the molecule is Cc1ccc(/C=C/C(=O)N2CCN(CC(C)C)CC2)o1. The molecule has 0 spiro atoms.